The third-order valence-electron chi connectivity index (χ3n) is 6.50. The molecule has 0 bridgehead atoms. The molecular formula is C27H29N5O3S2. The Balaban J connectivity index is 1.21. The number of amides is 2. The van der Waals surface area contributed by atoms with Crippen LogP contribution in [0.3, 0.4) is 0 Å². The lowest BCUT2D eigenvalue weighted by Crippen LogP contribution is -2.38. The summed E-state index contributed by atoms with van der Waals surface area (Å²) in [5.74, 6) is 0.422. The largest absolute Gasteiger partial charge is 0.360 e. The van der Waals surface area contributed by atoms with E-state index in [4.69, 9.17) is 4.52 Å². The summed E-state index contributed by atoms with van der Waals surface area (Å²) in [6, 6.07) is 9.62. The molecule has 0 spiro atoms. The summed E-state index contributed by atoms with van der Waals surface area (Å²) in [5, 5.41) is 12.3. The summed E-state index contributed by atoms with van der Waals surface area (Å²) in [7, 11) is 0. The van der Waals surface area contributed by atoms with Gasteiger partial charge in [0.05, 0.1) is 10.7 Å². The highest BCUT2D eigenvalue weighted by atomic mass is 32.1. The van der Waals surface area contributed by atoms with E-state index in [2.05, 4.69) is 41.2 Å². The second-order valence-corrected chi connectivity index (χ2v) is 12.0. The van der Waals surface area contributed by atoms with Crippen LogP contribution in [0.25, 0.3) is 11.3 Å². The number of hydrogen-bond acceptors (Lipinski definition) is 8. The highest BCUT2D eigenvalue weighted by molar-refractivity contribution is 7.14. The van der Waals surface area contributed by atoms with Gasteiger partial charge in [-0.15, -0.1) is 22.7 Å². The molecule has 1 aromatic carbocycles. The zero-order chi connectivity index (χ0) is 26.2. The minimum absolute atomic E-state index is 0.0617. The van der Waals surface area contributed by atoms with Crippen LogP contribution in [-0.2, 0) is 5.41 Å². The van der Waals surface area contributed by atoms with Gasteiger partial charge in [0, 0.05) is 40.7 Å². The zero-order valence-corrected chi connectivity index (χ0v) is 22.9. The van der Waals surface area contributed by atoms with Gasteiger partial charge >= 0.3 is 0 Å². The van der Waals surface area contributed by atoms with Crippen molar-refractivity contribution < 1.29 is 14.1 Å². The van der Waals surface area contributed by atoms with Gasteiger partial charge in [-0.3, -0.25) is 14.9 Å². The number of nitrogens with one attached hydrogen (secondary N) is 1. The number of rotatable bonds is 5. The van der Waals surface area contributed by atoms with Crippen molar-refractivity contribution in [2.24, 2.45) is 0 Å². The molecule has 4 heterocycles. The van der Waals surface area contributed by atoms with Crippen LogP contribution in [0.2, 0.25) is 0 Å². The molecular weight excluding hydrogens is 506 g/mol. The van der Waals surface area contributed by atoms with Crippen LogP contribution in [0.1, 0.15) is 76.8 Å². The number of carbonyl (C=O) groups excluding carboxylic acids is 2. The van der Waals surface area contributed by atoms with E-state index in [1.165, 1.54) is 22.7 Å². The van der Waals surface area contributed by atoms with Crippen molar-refractivity contribution in [1.29, 1.82) is 0 Å². The van der Waals surface area contributed by atoms with Crippen molar-refractivity contribution in [2.75, 3.05) is 18.4 Å². The summed E-state index contributed by atoms with van der Waals surface area (Å²) in [6.07, 6.45) is 1.57. The lowest BCUT2D eigenvalue weighted by atomic mass is 9.93. The first-order chi connectivity index (χ1) is 17.7. The molecule has 4 aromatic rings. The molecule has 1 saturated heterocycles. The number of thiazole rings is 2. The van der Waals surface area contributed by atoms with Crippen molar-refractivity contribution >= 4 is 39.6 Å². The fraction of sp³-hybridized carbons (Fsp3) is 0.370. The Hall–Kier alpha value is -3.37. The van der Waals surface area contributed by atoms with Crippen LogP contribution in [0, 0.1) is 6.92 Å². The Labute approximate surface area is 223 Å². The van der Waals surface area contributed by atoms with Gasteiger partial charge in [-0.1, -0.05) is 56.3 Å². The third kappa shape index (κ3) is 5.35. The predicted molar refractivity (Wildman–Crippen MR) is 145 cm³/mol. The van der Waals surface area contributed by atoms with E-state index in [0.717, 1.165) is 29.1 Å². The molecule has 0 radical (unpaired) electrons. The van der Waals surface area contributed by atoms with E-state index >= 15 is 0 Å². The maximum atomic E-state index is 13.4. The highest BCUT2D eigenvalue weighted by Crippen LogP contribution is 2.33. The molecule has 0 saturated carbocycles. The van der Waals surface area contributed by atoms with Gasteiger partial charge in [-0.05, 0) is 19.8 Å². The maximum Gasteiger partial charge on any atom is 0.276 e. The van der Waals surface area contributed by atoms with E-state index in [9.17, 15) is 9.59 Å². The van der Waals surface area contributed by atoms with E-state index in [1.54, 1.807) is 12.3 Å². The number of benzene rings is 1. The van der Waals surface area contributed by atoms with Gasteiger partial charge in [0.15, 0.2) is 5.13 Å². The van der Waals surface area contributed by atoms with Crippen LogP contribution in [-0.4, -0.2) is 44.9 Å². The highest BCUT2D eigenvalue weighted by Gasteiger charge is 2.31. The van der Waals surface area contributed by atoms with Crippen molar-refractivity contribution in [3.63, 3.8) is 0 Å². The molecule has 8 nitrogen and oxygen atoms in total. The average molecular weight is 536 g/mol. The molecule has 0 aliphatic carbocycles. The maximum absolute atomic E-state index is 13.4. The quantitative estimate of drug-likeness (QED) is 0.330. The predicted octanol–water partition coefficient (Wildman–Crippen LogP) is 6.13. The lowest BCUT2D eigenvalue weighted by Gasteiger charge is -2.31. The van der Waals surface area contributed by atoms with E-state index in [-0.39, 0.29) is 23.1 Å². The SMILES string of the molecule is Cc1onc(-c2ccccc2)c1C(=O)N1CCC(c2nc(C(=O)Nc3nc(C(C)(C)C)cs3)cs2)CC1. The third-order valence-corrected chi connectivity index (χ3v) is 8.27. The Morgan fingerprint density at radius 1 is 1.05 bits per heavy atom. The fourth-order valence-corrected chi connectivity index (χ4v) is 6.22. The molecule has 1 fully saturated rings. The van der Waals surface area contributed by atoms with E-state index in [0.29, 0.717) is 40.9 Å². The summed E-state index contributed by atoms with van der Waals surface area (Å²) in [6.45, 7) is 9.27. The number of piperidine rings is 1. The number of nitrogens with zero attached hydrogens (tertiary/aromatic N) is 4. The molecule has 0 unspecified atom stereocenters. The van der Waals surface area contributed by atoms with Crippen molar-refractivity contribution in [3.05, 3.63) is 68.8 Å². The average Bonchev–Trinajstić information content (AvgIpc) is 3.64. The first-order valence-electron chi connectivity index (χ1n) is 12.2. The standard InChI is InChI=1S/C27H29N5O3S2/c1-16-21(22(31-35-16)17-8-6-5-7-9-17)25(34)32-12-10-18(11-13-32)24-28-19(14-36-24)23(33)30-26-29-20(15-37-26)27(2,3)4/h5-9,14-15,18H,10-13H2,1-4H3,(H,29,30,33). The Morgan fingerprint density at radius 2 is 1.78 bits per heavy atom. The molecule has 0 atom stereocenters. The summed E-state index contributed by atoms with van der Waals surface area (Å²) in [5.41, 5.74) is 3.24. The number of aromatic nitrogens is 3. The Morgan fingerprint density at radius 3 is 2.46 bits per heavy atom. The molecule has 1 aliphatic rings. The van der Waals surface area contributed by atoms with Gasteiger partial charge in [0.2, 0.25) is 0 Å². The number of anilines is 1. The van der Waals surface area contributed by atoms with Crippen LogP contribution in [0.5, 0.6) is 0 Å². The minimum Gasteiger partial charge on any atom is -0.360 e. The van der Waals surface area contributed by atoms with Gasteiger partial charge in [0.25, 0.3) is 11.8 Å². The summed E-state index contributed by atoms with van der Waals surface area (Å²) >= 11 is 2.92. The summed E-state index contributed by atoms with van der Waals surface area (Å²) < 4.78 is 5.39. The van der Waals surface area contributed by atoms with E-state index < -0.39 is 0 Å². The molecule has 192 valence electrons. The first-order valence-corrected chi connectivity index (χ1v) is 14.0. The monoisotopic (exact) mass is 535 g/mol. The van der Waals surface area contributed by atoms with Gasteiger partial charge in [-0.2, -0.15) is 0 Å². The molecule has 2 amide bonds. The first kappa shape index (κ1) is 25.3. The van der Waals surface area contributed by atoms with Crippen molar-refractivity contribution in [3.8, 4) is 11.3 Å². The topological polar surface area (TPSA) is 101 Å². The van der Waals surface area contributed by atoms with Crippen molar-refractivity contribution in [1.82, 2.24) is 20.0 Å². The molecule has 1 aliphatic heterocycles. The number of carbonyl (C=O) groups is 2. The Kier molecular flexibility index (Phi) is 6.96. The smallest absolute Gasteiger partial charge is 0.276 e. The van der Waals surface area contributed by atoms with Crippen LogP contribution >= 0.6 is 22.7 Å². The second-order valence-electron chi connectivity index (χ2n) is 10.2. The van der Waals surface area contributed by atoms with Gasteiger partial charge < -0.3 is 9.42 Å². The zero-order valence-electron chi connectivity index (χ0n) is 21.3. The lowest BCUT2D eigenvalue weighted by molar-refractivity contribution is 0.0711. The number of hydrogen-bond donors (Lipinski definition) is 1. The van der Waals surface area contributed by atoms with Gasteiger partial charge in [-0.25, -0.2) is 9.97 Å². The molecule has 10 heteroatoms. The normalized spacial score (nSPS) is 14.6. The number of likely N-dealkylation sites (tertiary alicyclic amines) is 1. The van der Waals surface area contributed by atoms with E-state index in [1.807, 2.05) is 40.6 Å². The number of aryl methyl sites for hydroxylation is 1. The second kappa shape index (κ2) is 10.2. The molecule has 3 aromatic heterocycles. The van der Waals surface area contributed by atoms with Crippen molar-refractivity contribution in [2.45, 2.75) is 51.9 Å². The van der Waals surface area contributed by atoms with Crippen LogP contribution in [0.15, 0.2) is 45.6 Å². The minimum atomic E-state index is -0.249. The summed E-state index contributed by atoms with van der Waals surface area (Å²) in [4.78, 5) is 37.2. The Bertz CT molecular complexity index is 1410. The van der Waals surface area contributed by atoms with Crippen LogP contribution in [0.4, 0.5) is 5.13 Å². The van der Waals surface area contributed by atoms with Gasteiger partial charge in [0.1, 0.15) is 22.7 Å². The fourth-order valence-electron chi connectivity index (χ4n) is 4.32. The molecule has 5 rings (SSSR count). The molecule has 37 heavy (non-hydrogen) atoms. The van der Waals surface area contributed by atoms with Crippen LogP contribution < -0.4 is 5.32 Å². The molecule has 1 N–H and O–H groups in total.